The van der Waals surface area contributed by atoms with Crippen LogP contribution in [0.1, 0.15) is 10.4 Å². The van der Waals surface area contributed by atoms with Crippen LogP contribution in [0.3, 0.4) is 0 Å². The molecule has 1 heterocycles. The SMILES string of the molecule is O=C(c1ccccc1)C1CN(c2ccccc2)CO1. The zero-order valence-corrected chi connectivity index (χ0v) is 10.5. The molecule has 0 radical (unpaired) electrons. The lowest BCUT2D eigenvalue weighted by atomic mass is 10.1. The largest absolute Gasteiger partial charge is 0.348 e. The molecule has 0 bridgehead atoms. The fraction of sp³-hybridized carbons (Fsp3) is 0.188. The summed E-state index contributed by atoms with van der Waals surface area (Å²) in [7, 11) is 0. The predicted octanol–water partition coefficient (Wildman–Crippen LogP) is 2.73. The molecule has 0 aliphatic carbocycles. The van der Waals surface area contributed by atoms with Crippen LogP contribution in [0.5, 0.6) is 0 Å². The van der Waals surface area contributed by atoms with E-state index in [9.17, 15) is 4.79 Å². The first-order chi connectivity index (χ1) is 9.34. The van der Waals surface area contributed by atoms with Crippen LogP contribution >= 0.6 is 0 Å². The lowest BCUT2D eigenvalue weighted by molar-refractivity contribution is 0.0663. The molecule has 1 fully saturated rings. The molecule has 19 heavy (non-hydrogen) atoms. The van der Waals surface area contributed by atoms with Crippen molar-refractivity contribution in [3.05, 3.63) is 66.2 Å². The first-order valence-corrected chi connectivity index (χ1v) is 6.35. The number of hydrogen-bond donors (Lipinski definition) is 0. The molecular weight excluding hydrogens is 238 g/mol. The second kappa shape index (κ2) is 5.24. The molecule has 3 rings (SSSR count). The van der Waals surface area contributed by atoms with Gasteiger partial charge in [0.2, 0.25) is 0 Å². The van der Waals surface area contributed by atoms with Crippen molar-refractivity contribution in [3.8, 4) is 0 Å². The molecular formula is C16H15NO2. The van der Waals surface area contributed by atoms with Crippen LogP contribution < -0.4 is 4.90 Å². The van der Waals surface area contributed by atoms with Crippen molar-refractivity contribution < 1.29 is 9.53 Å². The maximum atomic E-state index is 12.3. The highest BCUT2D eigenvalue weighted by Crippen LogP contribution is 2.21. The van der Waals surface area contributed by atoms with Crippen molar-refractivity contribution in [2.75, 3.05) is 18.2 Å². The van der Waals surface area contributed by atoms with E-state index >= 15 is 0 Å². The van der Waals surface area contributed by atoms with Gasteiger partial charge in [-0.25, -0.2) is 0 Å². The summed E-state index contributed by atoms with van der Waals surface area (Å²) in [4.78, 5) is 14.3. The molecule has 1 saturated heterocycles. The Balaban J connectivity index is 1.71. The number of ketones is 1. The van der Waals surface area contributed by atoms with Crippen LogP contribution in [0.25, 0.3) is 0 Å². The van der Waals surface area contributed by atoms with E-state index in [0.717, 1.165) is 5.69 Å². The minimum Gasteiger partial charge on any atom is -0.348 e. The van der Waals surface area contributed by atoms with Gasteiger partial charge in [0.1, 0.15) is 12.8 Å². The first-order valence-electron chi connectivity index (χ1n) is 6.35. The topological polar surface area (TPSA) is 29.5 Å². The van der Waals surface area contributed by atoms with Crippen molar-refractivity contribution in [1.29, 1.82) is 0 Å². The molecule has 0 spiro atoms. The second-order valence-electron chi connectivity index (χ2n) is 4.57. The third-order valence-electron chi connectivity index (χ3n) is 3.29. The van der Waals surface area contributed by atoms with Crippen LogP contribution in [0, 0.1) is 0 Å². The molecule has 1 atom stereocenters. The molecule has 3 heteroatoms. The van der Waals surface area contributed by atoms with Gasteiger partial charge in [0.05, 0.1) is 6.54 Å². The van der Waals surface area contributed by atoms with E-state index in [-0.39, 0.29) is 11.9 Å². The number of hydrogen-bond acceptors (Lipinski definition) is 3. The van der Waals surface area contributed by atoms with Gasteiger partial charge in [-0.2, -0.15) is 0 Å². The average Bonchev–Trinajstić information content (AvgIpc) is 2.98. The fourth-order valence-electron chi connectivity index (χ4n) is 2.25. The number of nitrogens with zero attached hydrogens (tertiary/aromatic N) is 1. The van der Waals surface area contributed by atoms with Crippen LogP contribution in [-0.4, -0.2) is 25.2 Å². The standard InChI is InChI=1S/C16H15NO2/c18-16(13-7-3-1-4-8-13)15-11-17(12-19-15)14-9-5-2-6-10-14/h1-10,15H,11-12H2. The van der Waals surface area contributed by atoms with Gasteiger partial charge in [-0.15, -0.1) is 0 Å². The normalized spacial score (nSPS) is 18.5. The summed E-state index contributed by atoms with van der Waals surface area (Å²) in [6, 6.07) is 19.3. The Morgan fingerprint density at radius 2 is 1.63 bits per heavy atom. The highest BCUT2D eigenvalue weighted by atomic mass is 16.5. The van der Waals surface area contributed by atoms with Crippen molar-refractivity contribution >= 4 is 11.5 Å². The van der Waals surface area contributed by atoms with Crippen LogP contribution in [0.15, 0.2) is 60.7 Å². The number of benzene rings is 2. The summed E-state index contributed by atoms with van der Waals surface area (Å²) in [6.45, 7) is 1.07. The summed E-state index contributed by atoms with van der Waals surface area (Å²) >= 11 is 0. The summed E-state index contributed by atoms with van der Waals surface area (Å²) < 4.78 is 5.61. The number of Topliss-reactive ketones (excluding diaryl/α,β-unsaturated/α-hetero) is 1. The molecule has 2 aromatic rings. The van der Waals surface area contributed by atoms with E-state index in [2.05, 4.69) is 4.90 Å². The lowest BCUT2D eigenvalue weighted by Gasteiger charge is -2.15. The minimum absolute atomic E-state index is 0.0547. The first kappa shape index (κ1) is 11.9. The van der Waals surface area contributed by atoms with E-state index in [4.69, 9.17) is 4.74 Å². The van der Waals surface area contributed by atoms with Gasteiger partial charge in [-0.05, 0) is 12.1 Å². The van der Waals surface area contributed by atoms with Gasteiger partial charge >= 0.3 is 0 Å². The Bertz CT molecular complexity index is 553. The maximum absolute atomic E-state index is 12.3. The number of ether oxygens (including phenoxy) is 1. The summed E-state index contributed by atoms with van der Waals surface area (Å²) in [5.74, 6) is 0.0547. The smallest absolute Gasteiger partial charge is 0.193 e. The minimum atomic E-state index is -0.373. The van der Waals surface area contributed by atoms with Crippen LogP contribution in [-0.2, 0) is 4.74 Å². The Morgan fingerprint density at radius 1 is 1.00 bits per heavy atom. The monoisotopic (exact) mass is 253 g/mol. The number of para-hydroxylation sites is 1. The third-order valence-corrected chi connectivity index (χ3v) is 3.29. The number of carbonyl (C=O) groups is 1. The zero-order valence-electron chi connectivity index (χ0n) is 10.5. The van der Waals surface area contributed by atoms with Gasteiger partial charge in [0.25, 0.3) is 0 Å². The van der Waals surface area contributed by atoms with Crippen LogP contribution in [0.2, 0.25) is 0 Å². The number of carbonyl (C=O) groups excluding carboxylic acids is 1. The third kappa shape index (κ3) is 2.51. The molecule has 1 aliphatic heterocycles. The Morgan fingerprint density at radius 3 is 2.32 bits per heavy atom. The highest BCUT2D eigenvalue weighted by Gasteiger charge is 2.29. The van der Waals surface area contributed by atoms with E-state index in [1.54, 1.807) is 0 Å². The Kier molecular flexibility index (Phi) is 3.29. The molecule has 3 nitrogen and oxygen atoms in total. The quantitative estimate of drug-likeness (QED) is 0.788. The average molecular weight is 253 g/mol. The van der Waals surface area contributed by atoms with E-state index in [1.165, 1.54) is 0 Å². The molecule has 96 valence electrons. The fourth-order valence-corrected chi connectivity index (χ4v) is 2.25. The molecule has 0 saturated carbocycles. The van der Waals surface area contributed by atoms with Crippen molar-refractivity contribution in [2.24, 2.45) is 0 Å². The maximum Gasteiger partial charge on any atom is 0.193 e. The molecule has 0 aromatic heterocycles. The molecule has 1 unspecified atom stereocenters. The van der Waals surface area contributed by atoms with Gasteiger partial charge in [0.15, 0.2) is 5.78 Å². The molecule has 0 N–H and O–H groups in total. The zero-order chi connectivity index (χ0) is 13.1. The lowest BCUT2D eigenvalue weighted by Crippen LogP contribution is -2.27. The Labute approximate surface area is 112 Å². The van der Waals surface area contributed by atoms with Gasteiger partial charge in [-0.1, -0.05) is 48.5 Å². The Hall–Kier alpha value is -2.13. The highest BCUT2D eigenvalue weighted by molar-refractivity contribution is 6.00. The number of anilines is 1. The van der Waals surface area contributed by atoms with Crippen molar-refractivity contribution in [3.63, 3.8) is 0 Å². The molecule has 2 aromatic carbocycles. The van der Waals surface area contributed by atoms with E-state index in [1.807, 2.05) is 60.7 Å². The van der Waals surface area contributed by atoms with Gasteiger partial charge < -0.3 is 9.64 Å². The van der Waals surface area contributed by atoms with Gasteiger partial charge in [-0.3, -0.25) is 4.79 Å². The summed E-state index contributed by atoms with van der Waals surface area (Å²) in [5, 5.41) is 0. The van der Waals surface area contributed by atoms with E-state index < -0.39 is 0 Å². The second-order valence-corrected chi connectivity index (χ2v) is 4.57. The molecule has 0 amide bonds. The number of rotatable bonds is 3. The molecule has 1 aliphatic rings. The van der Waals surface area contributed by atoms with Crippen molar-refractivity contribution in [1.82, 2.24) is 0 Å². The van der Waals surface area contributed by atoms with Crippen LogP contribution in [0.4, 0.5) is 5.69 Å². The predicted molar refractivity (Wildman–Crippen MR) is 74.3 cm³/mol. The van der Waals surface area contributed by atoms with Crippen molar-refractivity contribution in [2.45, 2.75) is 6.10 Å². The van der Waals surface area contributed by atoms with E-state index in [0.29, 0.717) is 18.8 Å². The summed E-state index contributed by atoms with van der Waals surface area (Å²) in [5.41, 5.74) is 1.80. The van der Waals surface area contributed by atoms with Gasteiger partial charge in [0, 0.05) is 11.3 Å². The summed E-state index contributed by atoms with van der Waals surface area (Å²) in [6.07, 6.45) is -0.373.